The number of rotatable bonds is 5. The van der Waals surface area contributed by atoms with Gasteiger partial charge < -0.3 is 5.32 Å². The minimum absolute atomic E-state index is 0.347. The number of nitrogens with one attached hydrogen (secondary N) is 1. The second kappa shape index (κ2) is 6.53. The van der Waals surface area contributed by atoms with E-state index < -0.39 is 0 Å². The highest BCUT2D eigenvalue weighted by Crippen LogP contribution is 2.17. The second-order valence-electron chi connectivity index (χ2n) is 4.31. The van der Waals surface area contributed by atoms with E-state index in [9.17, 15) is 0 Å². The maximum absolute atomic E-state index is 6.18. The minimum atomic E-state index is 0.347. The van der Waals surface area contributed by atoms with Crippen LogP contribution < -0.4 is 5.32 Å². The first-order chi connectivity index (χ1) is 8.79. The SMILES string of the molecule is CNC(Cc1ccccn1)Cc1ccccc1Cl. The van der Waals surface area contributed by atoms with Gasteiger partial charge in [0.05, 0.1) is 0 Å². The summed E-state index contributed by atoms with van der Waals surface area (Å²) in [4.78, 5) is 4.36. The summed E-state index contributed by atoms with van der Waals surface area (Å²) in [5.41, 5.74) is 2.28. The molecular weight excluding hydrogens is 244 g/mol. The van der Waals surface area contributed by atoms with Crippen LogP contribution in [0, 0.1) is 0 Å². The Hall–Kier alpha value is -1.38. The third kappa shape index (κ3) is 3.56. The quantitative estimate of drug-likeness (QED) is 0.894. The molecule has 0 fully saturated rings. The molecule has 0 aliphatic carbocycles. The first-order valence-corrected chi connectivity index (χ1v) is 6.48. The Kier molecular flexibility index (Phi) is 4.73. The van der Waals surface area contributed by atoms with Crippen molar-refractivity contribution >= 4 is 11.6 Å². The van der Waals surface area contributed by atoms with Gasteiger partial charge in [0.15, 0.2) is 0 Å². The van der Waals surface area contributed by atoms with Crippen LogP contribution in [-0.2, 0) is 12.8 Å². The van der Waals surface area contributed by atoms with Gasteiger partial charge in [-0.15, -0.1) is 0 Å². The Bertz CT molecular complexity index is 485. The Morgan fingerprint density at radius 1 is 1.11 bits per heavy atom. The maximum Gasteiger partial charge on any atom is 0.0438 e. The molecule has 0 spiro atoms. The molecule has 1 heterocycles. The summed E-state index contributed by atoms with van der Waals surface area (Å²) >= 11 is 6.18. The number of pyridine rings is 1. The number of halogens is 1. The average molecular weight is 261 g/mol. The highest BCUT2D eigenvalue weighted by Gasteiger charge is 2.10. The van der Waals surface area contributed by atoms with E-state index in [0.29, 0.717) is 6.04 Å². The zero-order chi connectivity index (χ0) is 12.8. The van der Waals surface area contributed by atoms with E-state index in [1.807, 2.05) is 43.6 Å². The van der Waals surface area contributed by atoms with Crippen LogP contribution in [0.15, 0.2) is 48.7 Å². The lowest BCUT2D eigenvalue weighted by Crippen LogP contribution is -2.30. The van der Waals surface area contributed by atoms with Gasteiger partial charge in [-0.1, -0.05) is 35.9 Å². The topological polar surface area (TPSA) is 24.9 Å². The lowest BCUT2D eigenvalue weighted by atomic mass is 10.0. The van der Waals surface area contributed by atoms with Crippen molar-refractivity contribution < 1.29 is 0 Å². The predicted molar refractivity (Wildman–Crippen MR) is 75.9 cm³/mol. The van der Waals surface area contributed by atoms with E-state index in [0.717, 1.165) is 23.6 Å². The minimum Gasteiger partial charge on any atom is -0.316 e. The van der Waals surface area contributed by atoms with Gasteiger partial charge in [-0.3, -0.25) is 4.98 Å². The molecule has 2 aromatic rings. The van der Waals surface area contributed by atoms with Crippen molar-refractivity contribution in [2.45, 2.75) is 18.9 Å². The molecule has 1 aromatic carbocycles. The largest absolute Gasteiger partial charge is 0.316 e. The Morgan fingerprint density at radius 3 is 2.56 bits per heavy atom. The molecule has 3 heteroatoms. The molecule has 0 aliphatic heterocycles. The summed E-state index contributed by atoms with van der Waals surface area (Å²) in [6.07, 6.45) is 3.65. The van der Waals surface area contributed by atoms with Crippen molar-refractivity contribution in [2.24, 2.45) is 0 Å². The molecule has 94 valence electrons. The van der Waals surface area contributed by atoms with Crippen LogP contribution in [-0.4, -0.2) is 18.1 Å². The van der Waals surface area contributed by atoms with Gasteiger partial charge in [-0.05, 0) is 37.2 Å². The molecule has 2 nitrogen and oxygen atoms in total. The first-order valence-electron chi connectivity index (χ1n) is 6.10. The van der Waals surface area contributed by atoms with Crippen LogP contribution in [0.3, 0.4) is 0 Å². The lowest BCUT2D eigenvalue weighted by molar-refractivity contribution is 0.550. The molecular formula is C15H17ClN2. The van der Waals surface area contributed by atoms with Crippen LogP contribution in [0.5, 0.6) is 0 Å². The zero-order valence-electron chi connectivity index (χ0n) is 10.4. The molecule has 0 saturated carbocycles. The zero-order valence-corrected chi connectivity index (χ0v) is 11.2. The Balaban J connectivity index is 2.04. The van der Waals surface area contributed by atoms with E-state index in [1.54, 1.807) is 0 Å². The molecule has 1 N–H and O–H groups in total. The Labute approximate surface area is 113 Å². The molecule has 1 atom stereocenters. The maximum atomic E-state index is 6.18. The van der Waals surface area contributed by atoms with Crippen molar-refractivity contribution in [2.75, 3.05) is 7.05 Å². The summed E-state index contributed by atoms with van der Waals surface area (Å²) in [5.74, 6) is 0. The molecule has 0 aliphatic rings. The molecule has 1 unspecified atom stereocenters. The standard InChI is InChI=1S/C15H17ClN2/c1-17-14(11-13-7-4-5-9-18-13)10-12-6-2-3-8-15(12)16/h2-9,14,17H,10-11H2,1H3. The normalized spacial score (nSPS) is 12.3. The summed E-state index contributed by atoms with van der Waals surface area (Å²) in [6, 6.07) is 14.3. The van der Waals surface area contributed by atoms with Gasteiger partial charge in [0.2, 0.25) is 0 Å². The highest BCUT2D eigenvalue weighted by atomic mass is 35.5. The van der Waals surface area contributed by atoms with Crippen molar-refractivity contribution in [1.29, 1.82) is 0 Å². The smallest absolute Gasteiger partial charge is 0.0438 e. The van der Waals surface area contributed by atoms with Crippen LogP contribution in [0.4, 0.5) is 0 Å². The highest BCUT2D eigenvalue weighted by molar-refractivity contribution is 6.31. The summed E-state index contributed by atoms with van der Waals surface area (Å²) in [5, 5.41) is 4.16. The fourth-order valence-electron chi connectivity index (χ4n) is 1.98. The van der Waals surface area contributed by atoms with Crippen LogP contribution in [0.1, 0.15) is 11.3 Å². The van der Waals surface area contributed by atoms with Gasteiger partial charge in [-0.25, -0.2) is 0 Å². The molecule has 0 saturated heterocycles. The van der Waals surface area contributed by atoms with Crippen LogP contribution in [0.25, 0.3) is 0 Å². The number of aromatic nitrogens is 1. The third-order valence-electron chi connectivity index (χ3n) is 3.01. The van der Waals surface area contributed by atoms with Gasteiger partial charge in [0, 0.05) is 29.4 Å². The van der Waals surface area contributed by atoms with Crippen molar-refractivity contribution in [1.82, 2.24) is 10.3 Å². The number of hydrogen-bond acceptors (Lipinski definition) is 2. The van der Waals surface area contributed by atoms with Gasteiger partial charge in [0.25, 0.3) is 0 Å². The fraction of sp³-hybridized carbons (Fsp3) is 0.267. The van der Waals surface area contributed by atoms with E-state index in [1.165, 1.54) is 5.56 Å². The van der Waals surface area contributed by atoms with E-state index in [-0.39, 0.29) is 0 Å². The average Bonchev–Trinajstić information content (AvgIpc) is 2.41. The molecule has 18 heavy (non-hydrogen) atoms. The number of benzene rings is 1. The number of nitrogens with zero attached hydrogens (tertiary/aromatic N) is 1. The van der Waals surface area contributed by atoms with Crippen LogP contribution in [0.2, 0.25) is 5.02 Å². The van der Waals surface area contributed by atoms with Gasteiger partial charge in [-0.2, -0.15) is 0 Å². The van der Waals surface area contributed by atoms with Gasteiger partial charge in [0.1, 0.15) is 0 Å². The van der Waals surface area contributed by atoms with E-state index >= 15 is 0 Å². The molecule has 0 radical (unpaired) electrons. The van der Waals surface area contributed by atoms with Crippen LogP contribution >= 0.6 is 11.6 Å². The van der Waals surface area contributed by atoms with Crippen molar-refractivity contribution in [3.8, 4) is 0 Å². The molecule has 1 aromatic heterocycles. The van der Waals surface area contributed by atoms with Crippen molar-refractivity contribution in [3.05, 3.63) is 64.9 Å². The predicted octanol–water partition coefficient (Wildman–Crippen LogP) is 3.11. The molecule has 0 bridgehead atoms. The van der Waals surface area contributed by atoms with Gasteiger partial charge >= 0.3 is 0 Å². The molecule has 2 rings (SSSR count). The van der Waals surface area contributed by atoms with E-state index in [2.05, 4.69) is 22.4 Å². The summed E-state index contributed by atoms with van der Waals surface area (Å²) in [7, 11) is 1.98. The van der Waals surface area contributed by atoms with Crippen molar-refractivity contribution in [3.63, 3.8) is 0 Å². The summed E-state index contributed by atoms with van der Waals surface area (Å²) in [6.45, 7) is 0. The second-order valence-corrected chi connectivity index (χ2v) is 4.71. The lowest BCUT2D eigenvalue weighted by Gasteiger charge is -2.16. The monoisotopic (exact) mass is 260 g/mol. The molecule has 0 amide bonds. The number of hydrogen-bond donors (Lipinski definition) is 1. The first kappa shape index (κ1) is 13.1. The fourth-order valence-corrected chi connectivity index (χ4v) is 2.19. The number of likely N-dealkylation sites (N-methyl/N-ethyl adjacent to an activating group) is 1. The third-order valence-corrected chi connectivity index (χ3v) is 3.38. The Morgan fingerprint density at radius 2 is 1.89 bits per heavy atom. The summed E-state index contributed by atoms with van der Waals surface area (Å²) < 4.78 is 0. The van der Waals surface area contributed by atoms with E-state index in [4.69, 9.17) is 11.6 Å².